The van der Waals surface area contributed by atoms with Gasteiger partial charge in [-0.25, -0.2) is 4.98 Å². The van der Waals surface area contributed by atoms with E-state index in [0.29, 0.717) is 6.42 Å². The van der Waals surface area contributed by atoms with E-state index in [1.807, 2.05) is 18.2 Å². The molecular weight excluding hydrogens is 266 g/mol. The number of aliphatic hydroxyl groups is 1. The minimum atomic E-state index is -0.311. The molecule has 1 unspecified atom stereocenters. The molecule has 20 heavy (non-hydrogen) atoms. The van der Waals surface area contributed by atoms with Crippen molar-refractivity contribution in [3.8, 4) is 0 Å². The van der Waals surface area contributed by atoms with Crippen molar-refractivity contribution in [1.82, 2.24) is 4.98 Å². The molecule has 2 nitrogen and oxygen atoms in total. The van der Waals surface area contributed by atoms with Gasteiger partial charge in [0.2, 0.25) is 0 Å². The molecule has 0 spiro atoms. The lowest BCUT2D eigenvalue weighted by Gasteiger charge is -2.14. The molecule has 1 atom stereocenters. The van der Waals surface area contributed by atoms with E-state index in [9.17, 15) is 5.11 Å². The minimum absolute atomic E-state index is 0.0870. The first-order valence-electron chi connectivity index (χ1n) is 7.12. The van der Waals surface area contributed by atoms with Crippen LogP contribution in [0.2, 0.25) is 0 Å². The second-order valence-corrected chi connectivity index (χ2v) is 7.20. The largest absolute Gasteiger partial charge is 0.393 e. The molecule has 0 amide bonds. The van der Waals surface area contributed by atoms with Gasteiger partial charge >= 0.3 is 0 Å². The number of rotatable bonds is 5. The highest BCUT2D eigenvalue weighted by molar-refractivity contribution is 7.09. The number of hydrogen-bond acceptors (Lipinski definition) is 3. The predicted molar refractivity (Wildman–Crippen MR) is 85.3 cm³/mol. The molecule has 1 N–H and O–H groups in total. The maximum Gasteiger partial charge on any atom is 0.0954 e. The summed E-state index contributed by atoms with van der Waals surface area (Å²) in [6, 6.07) is 10.3. The summed E-state index contributed by atoms with van der Waals surface area (Å²) >= 11 is 1.66. The van der Waals surface area contributed by atoms with Crippen LogP contribution in [0.4, 0.5) is 0 Å². The molecule has 0 aliphatic heterocycles. The fraction of sp³-hybridized carbons (Fsp3) is 0.471. The zero-order chi connectivity index (χ0) is 14.6. The molecule has 1 heterocycles. The molecule has 0 bridgehead atoms. The van der Waals surface area contributed by atoms with Crippen molar-refractivity contribution >= 4 is 11.3 Å². The van der Waals surface area contributed by atoms with E-state index < -0.39 is 0 Å². The number of aliphatic hydroxyl groups excluding tert-OH is 1. The van der Waals surface area contributed by atoms with Crippen molar-refractivity contribution in [2.24, 2.45) is 0 Å². The first kappa shape index (κ1) is 15.2. The van der Waals surface area contributed by atoms with Crippen LogP contribution in [0.3, 0.4) is 0 Å². The Morgan fingerprint density at radius 3 is 2.50 bits per heavy atom. The Morgan fingerprint density at radius 1 is 1.20 bits per heavy atom. The van der Waals surface area contributed by atoms with Crippen LogP contribution in [0.25, 0.3) is 0 Å². The number of aromatic nitrogens is 1. The van der Waals surface area contributed by atoms with Gasteiger partial charge in [-0.05, 0) is 18.4 Å². The third-order valence-electron chi connectivity index (χ3n) is 3.34. The zero-order valence-electron chi connectivity index (χ0n) is 12.5. The summed E-state index contributed by atoms with van der Waals surface area (Å²) in [4.78, 5) is 4.64. The Hall–Kier alpha value is -1.19. The lowest BCUT2D eigenvalue weighted by molar-refractivity contribution is 0.165. The second kappa shape index (κ2) is 6.51. The molecular formula is C17H23NOS. The number of hydrogen-bond donors (Lipinski definition) is 1. The van der Waals surface area contributed by atoms with Crippen molar-refractivity contribution in [3.05, 3.63) is 52.0 Å². The number of thiazole rings is 1. The standard InChI is InChI=1S/C17H23NOS/c1-17(2,3)15-12-20-16(18-15)11-14(19)10-9-13-7-5-4-6-8-13/h4-8,12,14,19H,9-11H2,1-3H3. The summed E-state index contributed by atoms with van der Waals surface area (Å²) < 4.78 is 0. The van der Waals surface area contributed by atoms with Gasteiger partial charge in [0, 0.05) is 17.2 Å². The topological polar surface area (TPSA) is 33.1 Å². The second-order valence-electron chi connectivity index (χ2n) is 6.26. The van der Waals surface area contributed by atoms with Crippen LogP contribution >= 0.6 is 11.3 Å². The summed E-state index contributed by atoms with van der Waals surface area (Å²) in [5.74, 6) is 0. The Kier molecular flexibility index (Phi) is 4.95. The van der Waals surface area contributed by atoms with E-state index in [1.54, 1.807) is 11.3 Å². The lowest BCUT2D eigenvalue weighted by atomic mass is 9.93. The van der Waals surface area contributed by atoms with E-state index in [-0.39, 0.29) is 11.5 Å². The number of nitrogens with zero attached hydrogens (tertiary/aromatic N) is 1. The van der Waals surface area contributed by atoms with E-state index in [0.717, 1.165) is 23.5 Å². The molecule has 0 aliphatic carbocycles. The smallest absolute Gasteiger partial charge is 0.0954 e. The van der Waals surface area contributed by atoms with Crippen molar-refractivity contribution in [2.75, 3.05) is 0 Å². The van der Waals surface area contributed by atoms with Gasteiger partial charge in [-0.15, -0.1) is 11.3 Å². The average molecular weight is 289 g/mol. The summed E-state index contributed by atoms with van der Waals surface area (Å²) in [7, 11) is 0. The highest BCUT2D eigenvalue weighted by Crippen LogP contribution is 2.24. The van der Waals surface area contributed by atoms with Gasteiger partial charge in [0.15, 0.2) is 0 Å². The Bertz CT molecular complexity index is 527. The molecule has 0 aliphatic rings. The van der Waals surface area contributed by atoms with Gasteiger partial charge in [0.05, 0.1) is 16.8 Å². The van der Waals surface area contributed by atoms with Crippen LogP contribution in [0.5, 0.6) is 0 Å². The third-order valence-corrected chi connectivity index (χ3v) is 4.21. The summed E-state index contributed by atoms with van der Waals surface area (Å²) in [6.07, 6.45) is 2.05. The van der Waals surface area contributed by atoms with Crippen LogP contribution < -0.4 is 0 Å². The predicted octanol–water partition coefficient (Wildman–Crippen LogP) is 3.98. The molecule has 108 valence electrons. The fourth-order valence-electron chi connectivity index (χ4n) is 2.03. The Morgan fingerprint density at radius 2 is 1.90 bits per heavy atom. The molecule has 1 aromatic carbocycles. The lowest BCUT2D eigenvalue weighted by Crippen LogP contribution is -2.14. The summed E-state index contributed by atoms with van der Waals surface area (Å²) in [5.41, 5.74) is 2.48. The van der Waals surface area contributed by atoms with Crippen molar-refractivity contribution in [2.45, 2.75) is 51.6 Å². The molecule has 0 saturated heterocycles. The zero-order valence-corrected chi connectivity index (χ0v) is 13.3. The van der Waals surface area contributed by atoms with Crippen LogP contribution in [-0.4, -0.2) is 16.2 Å². The SMILES string of the molecule is CC(C)(C)c1csc(CC(O)CCc2ccccc2)n1. The highest BCUT2D eigenvalue weighted by atomic mass is 32.1. The summed E-state index contributed by atoms with van der Waals surface area (Å²) in [6.45, 7) is 6.49. The molecule has 0 radical (unpaired) electrons. The minimum Gasteiger partial charge on any atom is -0.393 e. The maximum atomic E-state index is 10.1. The maximum absolute atomic E-state index is 10.1. The molecule has 2 aromatic rings. The van der Waals surface area contributed by atoms with E-state index in [4.69, 9.17) is 0 Å². The quantitative estimate of drug-likeness (QED) is 0.903. The fourth-order valence-corrected chi connectivity index (χ4v) is 3.12. The molecule has 2 rings (SSSR count). The van der Waals surface area contributed by atoms with Gasteiger partial charge < -0.3 is 5.11 Å². The third kappa shape index (κ3) is 4.43. The molecule has 0 saturated carbocycles. The first-order chi connectivity index (χ1) is 9.45. The first-order valence-corrected chi connectivity index (χ1v) is 8.00. The molecule has 1 aromatic heterocycles. The van der Waals surface area contributed by atoms with Crippen LogP contribution in [0, 0.1) is 0 Å². The molecule has 3 heteroatoms. The Balaban J connectivity index is 1.85. The van der Waals surface area contributed by atoms with Crippen molar-refractivity contribution in [3.63, 3.8) is 0 Å². The number of benzene rings is 1. The van der Waals surface area contributed by atoms with Gasteiger partial charge in [-0.1, -0.05) is 51.1 Å². The Labute approximate surface area is 125 Å². The average Bonchev–Trinajstić information content (AvgIpc) is 2.86. The van der Waals surface area contributed by atoms with E-state index in [1.165, 1.54) is 5.56 Å². The number of aryl methyl sites for hydroxylation is 1. The van der Waals surface area contributed by atoms with Crippen LogP contribution in [0.1, 0.15) is 43.5 Å². The monoisotopic (exact) mass is 289 g/mol. The molecule has 0 fully saturated rings. The van der Waals surface area contributed by atoms with Gasteiger partial charge in [-0.2, -0.15) is 0 Å². The van der Waals surface area contributed by atoms with Gasteiger partial charge in [0.1, 0.15) is 0 Å². The highest BCUT2D eigenvalue weighted by Gasteiger charge is 2.18. The van der Waals surface area contributed by atoms with E-state index >= 15 is 0 Å². The van der Waals surface area contributed by atoms with Crippen molar-refractivity contribution in [1.29, 1.82) is 0 Å². The van der Waals surface area contributed by atoms with Crippen LogP contribution in [0.15, 0.2) is 35.7 Å². The summed E-state index contributed by atoms with van der Waals surface area (Å²) in [5, 5.41) is 13.3. The van der Waals surface area contributed by atoms with Crippen molar-refractivity contribution < 1.29 is 5.11 Å². The van der Waals surface area contributed by atoms with Crippen LogP contribution in [-0.2, 0) is 18.3 Å². The van der Waals surface area contributed by atoms with Gasteiger partial charge in [0.25, 0.3) is 0 Å². The van der Waals surface area contributed by atoms with Gasteiger partial charge in [-0.3, -0.25) is 0 Å². The van der Waals surface area contributed by atoms with E-state index in [2.05, 4.69) is 43.3 Å². The normalized spacial score (nSPS) is 13.4.